The summed E-state index contributed by atoms with van der Waals surface area (Å²) in [4.78, 5) is 10.3. The summed E-state index contributed by atoms with van der Waals surface area (Å²) in [6.07, 6.45) is 20.2. The van der Waals surface area contributed by atoms with Crippen LogP contribution in [-0.4, -0.2) is 11.1 Å². The minimum absolute atomic E-state index is 0.345. The molecule has 0 aromatic carbocycles. The zero-order valence-electron chi connectivity index (χ0n) is 14.5. The van der Waals surface area contributed by atoms with Crippen LogP contribution < -0.4 is 0 Å². The van der Waals surface area contributed by atoms with Crippen LogP contribution in [-0.2, 0) is 24.8 Å². The third-order valence-corrected chi connectivity index (χ3v) is 3.99. The number of hydrogen-bond acceptors (Lipinski definition) is 2. The zero-order chi connectivity index (χ0) is 16.9. The molecule has 0 unspecified atom stereocenters. The Hall–Kier alpha value is -0.198. The summed E-state index contributed by atoms with van der Waals surface area (Å²) in [5, 5.41) is 8.52. The maximum absolute atomic E-state index is 10.3. The van der Waals surface area contributed by atoms with Gasteiger partial charge >= 0.3 is 26.0 Å². The van der Waals surface area contributed by atoms with Crippen molar-refractivity contribution >= 4 is 5.97 Å². The molecule has 132 valence electrons. The van der Waals surface area contributed by atoms with Crippen molar-refractivity contribution in [3.8, 4) is 0 Å². The van der Waals surface area contributed by atoms with Crippen LogP contribution in [0, 0.1) is 0 Å². The van der Waals surface area contributed by atoms with Crippen molar-refractivity contribution in [2.75, 3.05) is 0 Å². The van der Waals surface area contributed by atoms with E-state index in [9.17, 15) is 4.79 Å². The number of hydrogen-bond donors (Lipinski definition) is 1. The predicted octanol–water partition coefficient (Wildman–Crippen LogP) is 6.21. The van der Waals surface area contributed by atoms with Crippen molar-refractivity contribution in [1.29, 1.82) is 0 Å². The number of unbranched alkanes of at least 4 members (excludes halogenated alkanes) is 14. The molecule has 0 fully saturated rings. The molecule has 0 aliphatic heterocycles. The third-order valence-electron chi connectivity index (χ3n) is 3.99. The molecule has 0 atom stereocenters. The van der Waals surface area contributed by atoms with Gasteiger partial charge in [-0.05, 0) is 6.42 Å². The van der Waals surface area contributed by atoms with Crippen LogP contribution in [0.5, 0.6) is 0 Å². The zero-order valence-corrected chi connectivity index (χ0v) is 15.8. The Morgan fingerprint density at radius 1 is 0.636 bits per heavy atom. The molecule has 0 spiro atoms. The van der Waals surface area contributed by atoms with Gasteiger partial charge in [-0.3, -0.25) is 4.79 Å². The average molecular weight is 352 g/mol. The molecule has 0 bridgehead atoms. The molecular formula is C18H36CrO3. The monoisotopic (exact) mass is 352 g/mol. The van der Waals surface area contributed by atoms with E-state index >= 15 is 0 Å². The number of carboxylic acids is 1. The number of carboxylic acid groups (broad SMARTS) is 1. The molecule has 0 aliphatic carbocycles. The Labute approximate surface area is 145 Å². The summed E-state index contributed by atoms with van der Waals surface area (Å²) < 4.78 is 8.12. The molecule has 3 nitrogen and oxygen atoms in total. The number of aliphatic carboxylic acids is 1. The molecule has 0 aliphatic rings. The molecule has 0 amide bonds. The molecule has 4 heteroatoms. The Morgan fingerprint density at radius 2 is 0.909 bits per heavy atom. The molecule has 0 rings (SSSR count). The fraction of sp³-hybridized carbons (Fsp3) is 0.944. The van der Waals surface area contributed by atoms with Crippen molar-refractivity contribution in [3.05, 3.63) is 0 Å². The SMILES string of the molecule is CCCCCCCCCCCCCCCCCC(=O)O.[O]=[Cr]. The van der Waals surface area contributed by atoms with Gasteiger partial charge in [0.05, 0.1) is 0 Å². The quantitative estimate of drug-likeness (QED) is 0.336. The standard InChI is InChI=1S/C18H36O2.Cr.O/c1-2-3-4-5-6-7-8-9-10-11-12-13-14-15-16-17-18(19)20;;/h2-17H2,1H3,(H,19,20);;. The van der Waals surface area contributed by atoms with E-state index in [0.717, 1.165) is 12.8 Å². The summed E-state index contributed by atoms with van der Waals surface area (Å²) in [5.74, 6) is -0.653. The van der Waals surface area contributed by atoms with Crippen LogP contribution in [0.1, 0.15) is 110 Å². The molecule has 22 heavy (non-hydrogen) atoms. The second-order valence-electron chi connectivity index (χ2n) is 6.09. The Bertz CT molecular complexity index is 222. The predicted molar refractivity (Wildman–Crippen MR) is 87.9 cm³/mol. The molecule has 0 saturated heterocycles. The molecule has 1 N–H and O–H groups in total. The second-order valence-corrected chi connectivity index (χ2v) is 6.09. The van der Waals surface area contributed by atoms with Gasteiger partial charge < -0.3 is 5.11 Å². The van der Waals surface area contributed by atoms with E-state index in [2.05, 4.69) is 6.92 Å². The van der Waals surface area contributed by atoms with E-state index < -0.39 is 5.97 Å². The van der Waals surface area contributed by atoms with Gasteiger partial charge in [-0.15, -0.1) is 0 Å². The van der Waals surface area contributed by atoms with E-state index in [1.54, 1.807) is 0 Å². The van der Waals surface area contributed by atoms with Crippen molar-refractivity contribution in [1.82, 2.24) is 0 Å². The molecular weight excluding hydrogens is 316 g/mol. The second kappa shape index (κ2) is 23.1. The number of carbonyl (C=O) groups is 1. The molecule has 0 aromatic heterocycles. The Balaban J connectivity index is 0. The van der Waals surface area contributed by atoms with Gasteiger partial charge in [0.1, 0.15) is 0 Å². The summed E-state index contributed by atoms with van der Waals surface area (Å²) in [5.41, 5.74) is 0. The molecule has 0 radical (unpaired) electrons. The Morgan fingerprint density at radius 3 is 1.18 bits per heavy atom. The van der Waals surface area contributed by atoms with E-state index in [-0.39, 0.29) is 0 Å². The van der Waals surface area contributed by atoms with Gasteiger partial charge in [0.15, 0.2) is 0 Å². The Kier molecular flexibility index (Phi) is 25.2. The summed E-state index contributed by atoms with van der Waals surface area (Å²) in [7, 11) is 0. The van der Waals surface area contributed by atoms with Crippen molar-refractivity contribution < 1.29 is 29.9 Å². The van der Waals surface area contributed by atoms with Crippen LogP contribution in [0.15, 0.2) is 0 Å². The van der Waals surface area contributed by atoms with Crippen molar-refractivity contribution in [2.24, 2.45) is 0 Å². The van der Waals surface area contributed by atoms with Gasteiger partial charge in [-0.25, -0.2) is 0 Å². The third kappa shape index (κ3) is 24.8. The van der Waals surface area contributed by atoms with Gasteiger partial charge in [0.25, 0.3) is 0 Å². The number of rotatable bonds is 16. The van der Waals surface area contributed by atoms with Crippen molar-refractivity contribution in [2.45, 2.75) is 110 Å². The molecule has 0 heterocycles. The summed E-state index contributed by atoms with van der Waals surface area (Å²) in [6.45, 7) is 2.27. The van der Waals surface area contributed by atoms with Gasteiger partial charge in [-0.1, -0.05) is 96.8 Å². The van der Waals surface area contributed by atoms with E-state index in [1.165, 1.54) is 99.7 Å². The summed E-state index contributed by atoms with van der Waals surface area (Å²) in [6, 6.07) is 0. The van der Waals surface area contributed by atoms with Gasteiger partial charge in [0.2, 0.25) is 0 Å². The minimum atomic E-state index is -0.653. The average Bonchev–Trinajstić information content (AvgIpc) is 2.53. The first-order chi connectivity index (χ1) is 10.8. The van der Waals surface area contributed by atoms with E-state index in [0.29, 0.717) is 6.42 Å². The normalized spacial score (nSPS) is 10.0. The summed E-state index contributed by atoms with van der Waals surface area (Å²) >= 11 is 1.38. The first-order valence-corrected chi connectivity index (χ1v) is 9.68. The van der Waals surface area contributed by atoms with Crippen LogP contribution in [0.2, 0.25) is 0 Å². The first-order valence-electron chi connectivity index (χ1n) is 9.16. The van der Waals surface area contributed by atoms with E-state index in [4.69, 9.17) is 8.91 Å². The van der Waals surface area contributed by atoms with Gasteiger partial charge in [0, 0.05) is 6.42 Å². The van der Waals surface area contributed by atoms with Crippen LogP contribution >= 0.6 is 0 Å². The van der Waals surface area contributed by atoms with Crippen molar-refractivity contribution in [3.63, 3.8) is 0 Å². The maximum atomic E-state index is 10.3. The fourth-order valence-electron chi connectivity index (χ4n) is 2.65. The van der Waals surface area contributed by atoms with Gasteiger partial charge in [-0.2, -0.15) is 0 Å². The van der Waals surface area contributed by atoms with Crippen LogP contribution in [0.25, 0.3) is 0 Å². The first kappa shape index (κ1) is 24.1. The van der Waals surface area contributed by atoms with Crippen LogP contribution in [0.3, 0.4) is 0 Å². The molecule has 0 aromatic rings. The fourth-order valence-corrected chi connectivity index (χ4v) is 2.65. The topological polar surface area (TPSA) is 54.4 Å². The van der Waals surface area contributed by atoms with E-state index in [1.807, 2.05) is 0 Å². The molecule has 0 saturated carbocycles. The van der Waals surface area contributed by atoms with Crippen LogP contribution in [0.4, 0.5) is 0 Å².